The van der Waals surface area contributed by atoms with E-state index in [4.69, 9.17) is 16.3 Å². The van der Waals surface area contributed by atoms with Gasteiger partial charge >= 0.3 is 6.18 Å². The average molecular weight is 408 g/mol. The molecule has 0 spiro atoms. The largest absolute Gasteiger partial charge is 0.418 e. The molecular formula is C17H21ClF3N3O3. The summed E-state index contributed by atoms with van der Waals surface area (Å²) in [7, 11) is 0. The average Bonchev–Trinajstić information content (AvgIpc) is 2.61. The van der Waals surface area contributed by atoms with E-state index in [9.17, 15) is 23.3 Å². The number of ether oxygens (including phenoxy) is 1. The van der Waals surface area contributed by atoms with E-state index in [-0.39, 0.29) is 11.6 Å². The monoisotopic (exact) mass is 407 g/mol. The van der Waals surface area contributed by atoms with Gasteiger partial charge in [0.2, 0.25) is 0 Å². The number of nitro groups is 1. The summed E-state index contributed by atoms with van der Waals surface area (Å²) in [5.74, 6) is 0.289. The Hall–Kier alpha value is -1.58. The molecular weight excluding hydrogens is 387 g/mol. The van der Waals surface area contributed by atoms with Crippen molar-refractivity contribution >= 4 is 23.0 Å². The number of nitrogens with zero attached hydrogens (tertiary/aromatic N) is 3. The van der Waals surface area contributed by atoms with Gasteiger partial charge in [-0.1, -0.05) is 11.6 Å². The molecule has 2 aliphatic heterocycles. The molecule has 6 nitrogen and oxygen atoms in total. The van der Waals surface area contributed by atoms with E-state index in [1.54, 1.807) is 4.90 Å². The van der Waals surface area contributed by atoms with Crippen molar-refractivity contribution in [2.45, 2.75) is 19.0 Å². The molecule has 2 fully saturated rings. The fraction of sp³-hybridized carbons (Fsp3) is 0.647. The lowest BCUT2D eigenvalue weighted by atomic mass is 9.96. The van der Waals surface area contributed by atoms with Crippen LogP contribution < -0.4 is 4.90 Å². The van der Waals surface area contributed by atoms with Crippen LogP contribution in [0, 0.1) is 16.0 Å². The number of nitro benzene ring substituents is 1. The van der Waals surface area contributed by atoms with E-state index in [0.29, 0.717) is 32.4 Å². The van der Waals surface area contributed by atoms with Crippen LogP contribution >= 0.6 is 11.6 Å². The number of morpholine rings is 1. The molecule has 0 bridgehead atoms. The van der Waals surface area contributed by atoms with Crippen LogP contribution in [-0.4, -0.2) is 55.8 Å². The quantitative estimate of drug-likeness (QED) is 0.561. The van der Waals surface area contributed by atoms with Crippen LogP contribution in [0.3, 0.4) is 0 Å². The molecule has 0 radical (unpaired) electrons. The Bertz CT molecular complexity index is 696. The summed E-state index contributed by atoms with van der Waals surface area (Å²) in [4.78, 5) is 14.7. The first-order chi connectivity index (χ1) is 12.8. The normalized spacial score (nSPS) is 22.1. The lowest BCUT2D eigenvalue weighted by molar-refractivity contribution is -0.384. The van der Waals surface area contributed by atoms with Gasteiger partial charge in [0, 0.05) is 38.8 Å². The number of piperidine rings is 1. The number of rotatable bonds is 4. The molecule has 0 N–H and O–H groups in total. The molecule has 3 rings (SSSR count). The van der Waals surface area contributed by atoms with E-state index >= 15 is 0 Å². The standard InChI is InChI=1S/C17H21ClF3N3O3/c18-14-9-15(16(24(25)26)8-13(14)17(19,20)21)23-3-1-2-12(11-23)10-22-4-6-27-7-5-22/h8-9,12H,1-7,10-11H2. The Morgan fingerprint density at radius 2 is 1.96 bits per heavy atom. The zero-order chi connectivity index (χ0) is 19.6. The number of benzene rings is 1. The molecule has 1 atom stereocenters. The fourth-order valence-corrected chi connectivity index (χ4v) is 4.01. The third kappa shape index (κ3) is 4.83. The Balaban J connectivity index is 1.81. The van der Waals surface area contributed by atoms with Crippen LogP contribution in [-0.2, 0) is 10.9 Å². The van der Waals surface area contributed by atoms with Crippen LogP contribution in [0.4, 0.5) is 24.5 Å². The first-order valence-electron chi connectivity index (χ1n) is 8.86. The lowest BCUT2D eigenvalue weighted by Gasteiger charge is -2.37. The Labute approximate surface area is 160 Å². The molecule has 0 aliphatic carbocycles. The van der Waals surface area contributed by atoms with Gasteiger partial charge in [0.25, 0.3) is 5.69 Å². The van der Waals surface area contributed by atoms with Crippen molar-refractivity contribution in [2.24, 2.45) is 5.92 Å². The zero-order valence-corrected chi connectivity index (χ0v) is 15.4. The van der Waals surface area contributed by atoms with Gasteiger partial charge in [-0.3, -0.25) is 15.0 Å². The summed E-state index contributed by atoms with van der Waals surface area (Å²) in [5.41, 5.74) is -1.58. The van der Waals surface area contributed by atoms with Crippen LogP contribution in [0.15, 0.2) is 12.1 Å². The van der Waals surface area contributed by atoms with Crippen molar-refractivity contribution in [3.05, 3.63) is 32.8 Å². The minimum atomic E-state index is -4.73. The van der Waals surface area contributed by atoms with Crippen molar-refractivity contribution in [1.29, 1.82) is 0 Å². The predicted molar refractivity (Wildman–Crippen MR) is 95.3 cm³/mol. The van der Waals surface area contributed by atoms with Crippen LogP contribution in [0.25, 0.3) is 0 Å². The van der Waals surface area contributed by atoms with E-state index < -0.39 is 27.4 Å². The van der Waals surface area contributed by atoms with Gasteiger partial charge < -0.3 is 9.64 Å². The predicted octanol–water partition coefficient (Wildman–Crippen LogP) is 3.82. The fourth-order valence-electron chi connectivity index (χ4n) is 3.75. The molecule has 0 aromatic heterocycles. The third-order valence-corrected chi connectivity index (χ3v) is 5.36. The van der Waals surface area contributed by atoms with E-state index in [1.807, 2.05) is 0 Å². The minimum Gasteiger partial charge on any atom is -0.379 e. The van der Waals surface area contributed by atoms with Gasteiger partial charge in [0.05, 0.1) is 28.7 Å². The van der Waals surface area contributed by atoms with Crippen molar-refractivity contribution in [1.82, 2.24) is 4.90 Å². The summed E-state index contributed by atoms with van der Waals surface area (Å²) >= 11 is 5.81. The van der Waals surface area contributed by atoms with Gasteiger partial charge in [-0.2, -0.15) is 13.2 Å². The molecule has 0 saturated carbocycles. The molecule has 150 valence electrons. The Morgan fingerprint density at radius 1 is 1.26 bits per heavy atom. The van der Waals surface area contributed by atoms with Crippen LogP contribution in [0.2, 0.25) is 5.02 Å². The van der Waals surface area contributed by atoms with Gasteiger partial charge in [-0.25, -0.2) is 0 Å². The number of anilines is 1. The van der Waals surface area contributed by atoms with Crippen molar-refractivity contribution < 1.29 is 22.8 Å². The third-order valence-electron chi connectivity index (χ3n) is 5.05. The molecule has 0 amide bonds. The molecule has 1 aromatic carbocycles. The van der Waals surface area contributed by atoms with Crippen molar-refractivity contribution in [3.63, 3.8) is 0 Å². The Kier molecular flexibility index (Phi) is 6.12. The van der Waals surface area contributed by atoms with Gasteiger partial charge in [-0.05, 0) is 24.8 Å². The highest BCUT2D eigenvalue weighted by Gasteiger charge is 2.37. The number of hydrogen-bond acceptors (Lipinski definition) is 5. The SMILES string of the molecule is O=[N+]([O-])c1cc(C(F)(F)F)c(Cl)cc1N1CCCC(CN2CCOCC2)C1. The molecule has 1 unspecified atom stereocenters. The molecule has 1 aromatic rings. The first kappa shape index (κ1) is 20.2. The van der Waals surface area contributed by atoms with Crippen molar-refractivity contribution in [2.75, 3.05) is 50.8 Å². The molecule has 27 heavy (non-hydrogen) atoms. The van der Waals surface area contributed by atoms with Crippen LogP contribution in [0.1, 0.15) is 18.4 Å². The van der Waals surface area contributed by atoms with E-state index in [0.717, 1.165) is 38.5 Å². The minimum absolute atomic E-state index is 0.157. The maximum atomic E-state index is 13.1. The highest BCUT2D eigenvalue weighted by molar-refractivity contribution is 6.31. The summed E-state index contributed by atoms with van der Waals surface area (Å²) < 4.78 is 44.5. The molecule has 2 aliphatic rings. The number of hydrogen-bond donors (Lipinski definition) is 0. The van der Waals surface area contributed by atoms with Crippen LogP contribution in [0.5, 0.6) is 0 Å². The maximum absolute atomic E-state index is 13.1. The molecule has 2 saturated heterocycles. The van der Waals surface area contributed by atoms with E-state index in [2.05, 4.69) is 4.90 Å². The summed E-state index contributed by atoms with van der Waals surface area (Å²) in [6.45, 7) is 5.04. The second-order valence-corrected chi connectivity index (χ2v) is 7.35. The lowest BCUT2D eigenvalue weighted by Crippen LogP contribution is -2.44. The summed E-state index contributed by atoms with van der Waals surface area (Å²) in [5, 5.41) is 10.9. The molecule has 10 heteroatoms. The highest BCUT2D eigenvalue weighted by Crippen LogP contribution is 2.42. The summed E-state index contributed by atoms with van der Waals surface area (Å²) in [6, 6.07) is 1.63. The number of halogens is 4. The first-order valence-corrected chi connectivity index (χ1v) is 9.23. The topological polar surface area (TPSA) is 58.9 Å². The highest BCUT2D eigenvalue weighted by atomic mass is 35.5. The zero-order valence-electron chi connectivity index (χ0n) is 14.7. The smallest absolute Gasteiger partial charge is 0.379 e. The maximum Gasteiger partial charge on any atom is 0.418 e. The van der Waals surface area contributed by atoms with Gasteiger partial charge in [-0.15, -0.1) is 0 Å². The van der Waals surface area contributed by atoms with Crippen molar-refractivity contribution in [3.8, 4) is 0 Å². The van der Waals surface area contributed by atoms with Gasteiger partial charge in [0.15, 0.2) is 0 Å². The molecule has 2 heterocycles. The van der Waals surface area contributed by atoms with E-state index in [1.165, 1.54) is 0 Å². The number of alkyl halides is 3. The van der Waals surface area contributed by atoms with Gasteiger partial charge in [0.1, 0.15) is 5.69 Å². The Morgan fingerprint density at radius 3 is 2.59 bits per heavy atom. The summed E-state index contributed by atoms with van der Waals surface area (Å²) in [6.07, 6.45) is -2.93. The second kappa shape index (κ2) is 8.20. The second-order valence-electron chi connectivity index (χ2n) is 6.94.